The second-order valence-corrected chi connectivity index (χ2v) is 4.33. The Kier molecular flexibility index (Phi) is 2.17. The maximum Gasteiger partial charge on any atom is -0.00208 e. The van der Waals surface area contributed by atoms with Gasteiger partial charge in [-0.1, -0.05) is 12.8 Å². The fourth-order valence-electron chi connectivity index (χ4n) is 3.03. The fourth-order valence-corrected chi connectivity index (χ4v) is 3.03. The Labute approximate surface area is 69.6 Å². The molecule has 0 aliphatic heterocycles. The molecule has 0 aromatic heterocycles. The Morgan fingerprint density at radius 2 is 1.91 bits per heavy atom. The first kappa shape index (κ1) is 7.60. The average molecular weight is 153 g/mol. The van der Waals surface area contributed by atoms with Crippen molar-refractivity contribution in [2.45, 2.75) is 32.1 Å². The summed E-state index contributed by atoms with van der Waals surface area (Å²) in [5.74, 6) is 3.19. The highest BCUT2D eigenvalue weighted by molar-refractivity contribution is 4.86. The smallest absolute Gasteiger partial charge is 0.00208 e. The Hall–Kier alpha value is -0.0400. The predicted molar refractivity (Wildman–Crippen MR) is 47.5 cm³/mol. The largest absolute Gasteiger partial charge is 0.319 e. The van der Waals surface area contributed by atoms with Crippen molar-refractivity contribution >= 4 is 0 Å². The van der Waals surface area contributed by atoms with E-state index in [0.29, 0.717) is 0 Å². The lowest BCUT2D eigenvalue weighted by molar-refractivity contribution is 0.0996. The van der Waals surface area contributed by atoms with Gasteiger partial charge in [0.05, 0.1) is 0 Å². The number of nitrogens with one attached hydrogen (secondary N) is 1. The molecule has 0 unspecified atom stereocenters. The summed E-state index contributed by atoms with van der Waals surface area (Å²) in [5.41, 5.74) is 0. The lowest BCUT2D eigenvalue weighted by Gasteiger charge is -2.42. The van der Waals surface area contributed by atoms with E-state index in [9.17, 15) is 0 Å². The zero-order valence-corrected chi connectivity index (χ0v) is 7.47. The van der Waals surface area contributed by atoms with Crippen LogP contribution in [0.4, 0.5) is 0 Å². The van der Waals surface area contributed by atoms with Crippen LogP contribution < -0.4 is 5.32 Å². The van der Waals surface area contributed by atoms with Gasteiger partial charge >= 0.3 is 0 Å². The van der Waals surface area contributed by atoms with Gasteiger partial charge in [-0.25, -0.2) is 0 Å². The monoisotopic (exact) mass is 153 g/mol. The molecular formula is C10H19N. The molecule has 0 aromatic carbocycles. The summed E-state index contributed by atoms with van der Waals surface area (Å²) in [4.78, 5) is 0. The number of hydrogen-bond donors (Lipinski definition) is 1. The molecule has 1 nitrogen and oxygen atoms in total. The van der Waals surface area contributed by atoms with Crippen LogP contribution in [0.5, 0.6) is 0 Å². The Balaban J connectivity index is 1.92. The summed E-state index contributed by atoms with van der Waals surface area (Å²) in [6.45, 7) is 1.27. The van der Waals surface area contributed by atoms with Crippen molar-refractivity contribution < 1.29 is 0 Å². The van der Waals surface area contributed by atoms with Crippen molar-refractivity contribution in [1.29, 1.82) is 0 Å². The van der Waals surface area contributed by atoms with Gasteiger partial charge < -0.3 is 5.32 Å². The van der Waals surface area contributed by atoms with Gasteiger partial charge in [-0.2, -0.15) is 0 Å². The predicted octanol–water partition coefficient (Wildman–Crippen LogP) is 2.03. The van der Waals surface area contributed by atoms with E-state index in [-0.39, 0.29) is 0 Å². The molecule has 0 amide bonds. The van der Waals surface area contributed by atoms with Crippen LogP contribution in [-0.2, 0) is 0 Å². The lowest BCUT2D eigenvalue weighted by atomic mass is 9.65. The number of rotatable bonds is 2. The highest BCUT2D eigenvalue weighted by Crippen LogP contribution is 2.44. The maximum absolute atomic E-state index is 3.32. The third-order valence-corrected chi connectivity index (χ3v) is 3.66. The molecule has 11 heavy (non-hydrogen) atoms. The third kappa shape index (κ3) is 1.44. The SMILES string of the molecule is CNC[C@@H]1CC2CCC1CC2. The van der Waals surface area contributed by atoms with Gasteiger partial charge in [0.2, 0.25) is 0 Å². The molecule has 64 valence electrons. The molecule has 1 N–H and O–H groups in total. The van der Waals surface area contributed by atoms with Gasteiger partial charge in [0.1, 0.15) is 0 Å². The Morgan fingerprint density at radius 3 is 2.36 bits per heavy atom. The average Bonchev–Trinajstić information content (AvgIpc) is 2.07. The molecule has 3 rings (SSSR count). The van der Waals surface area contributed by atoms with Crippen molar-refractivity contribution in [2.75, 3.05) is 13.6 Å². The molecule has 0 aromatic rings. The minimum absolute atomic E-state index is 1.02. The van der Waals surface area contributed by atoms with Gasteiger partial charge in [0, 0.05) is 0 Å². The van der Waals surface area contributed by atoms with Crippen molar-refractivity contribution in [1.82, 2.24) is 5.32 Å². The van der Waals surface area contributed by atoms with Crippen LogP contribution in [0.25, 0.3) is 0 Å². The van der Waals surface area contributed by atoms with Crippen LogP contribution in [0.3, 0.4) is 0 Å². The second-order valence-electron chi connectivity index (χ2n) is 4.33. The molecule has 0 spiro atoms. The van der Waals surface area contributed by atoms with Gasteiger partial charge in [-0.05, 0) is 50.6 Å². The topological polar surface area (TPSA) is 12.0 Å². The van der Waals surface area contributed by atoms with Crippen molar-refractivity contribution in [3.8, 4) is 0 Å². The molecule has 3 saturated carbocycles. The van der Waals surface area contributed by atoms with Crippen LogP contribution in [0, 0.1) is 17.8 Å². The number of hydrogen-bond acceptors (Lipinski definition) is 1. The van der Waals surface area contributed by atoms with Crippen LogP contribution in [-0.4, -0.2) is 13.6 Å². The summed E-state index contributed by atoms with van der Waals surface area (Å²) < 4.78 is 0. The summed E-state index contributed by atoms with van der Waals surface area (Å²) in [5, 5.41) is 3.32. The maximum atomic E-state index is 3.32. The molecule has 2 bridgehead atoms. The van der Waals surface area contributed by atoms with E-state index >= 15 is 0 Å². The minimum atomic E-state index is 1.02. The van der Waals surface area contributed by atoms with Crippen molar-refractivity contribution in [3.05, 3.63) is 0 Å². The van der Waals surface area contributed by atoms with Gasteiger partial charge in [-0.15, -0.1) is 0 Å². The highest BCUT2D eigenvalue weighted by atomic mass is 14.8. The normalized spacial score (nSPS) is 42.8. The standard InChI is InChI=1S/C10H19N/c1-11-7-10-6-8-2-4-9(10)5-3-8/h8-11H,2-7H2,1H3/t8?,9?,10-/m0/s1. The first-order valence-electron chi connectivity index (χ1n) is 5.04. The Morgan fingerprint density at radius 1 is 1.18 bits per heavy atom. The van der Waals surface area contributed by atoms with Crippen LogP contribution in [0.1, 0.15) is 32.1 Å². The van der Waals surface area contributed by atoms with Gasteiger partial charge in [0.25, 0.3) is 0 Å². The molecule has 0 heterocycles. The molecule has 0 saturated heterocycles. The molecule has 1 heteroatoms. The van der Waals surface area contributed by atoms with E-state index in [2.05, 4.69) is 12.4 Å². The molecule has 3 fully saturated rings. The van der Waals surface area contributed by atoms with E-state index in [1.807, 2.05) is 0 Å². The van der Waals surface area contributed by atoms with Gasteiger partial charge in [-0.3, -0.25) is 0 Å². The van der Waals surface area contributed by atoms with Crippen molar-refractivity contribution in [3.63, 3.8) is 0 Å². The summed E-state index contributed by atoms with van der Waals surface area (Å²) in [6, 6.07) is 0. The fraction of sp³-hybridized carbons (Fsp3) is 1.00. The molecule has 3 aliphatic carbocycles. The zero-order valence-electron chi connectivity index (χ0n) is 7.47. The number of fused-ring (bicyclic) bond motifs is 3. The van der Waals surface area contributed by atoms with Crippen LogP contribution >= 0.6 is 0 Å². The lowest BCUT2D eigenvalue weighted by Crippen LogP contribution is -2.36. The minimum Gasteiger partial charge on any atom is -0.319 e. The summed E-state index contributed by atoms with van der Waals surface area (Å²) in [6.07, 6.45) is 7.63. The Bertz CT molecular complexity index is 125. The van der Waals surface area contributed by atoms with E-state index in [1.54, 1.807) is 0 Å². The van der Waals surface area contributed by atoms with E-state index in [1.165, 1.54) is 38.6 Å². The summed E-state index contributed by atoms with van der Waals surface area (Å²) >= 11 is 0. The quantitative estimate of drug-likeness (QED) is 0.640. The van der Waals surface area contributed by atoms with Crippen molar-refractivity contribution in [2.24, 2.45) is 17.8 Å². The highest BCUT2D eigenvalue weighted by Gasteiger charge is 2.34. The first-order valence-corrected chi connectivity index (χ1v) is 5.04. The molecule has 3 aliphatic rings. The molecular weight excluding hydrogens is 134 g/mol. The molecule has 0 radical (unpaired) electrons. The van der Waals surface area contributed by atoms with Gasteiger partial charge in [0.15, 0.2) is 0 Å². The van der Waals surface area contributed by atoms with Crippen LogP contribution in [0.2, 0.25) is 0 Å². The summed E-state index contributed by atoms with van der Waals surface area (Å²) in [7, 11) is 2.09. The first-order chi connectivity index (χ1) is 5.40. The molecule has 1 atom stereocenters. The van der Waals surface area contributed by atoms with E-state index in [4.69, 9.17) is 0 Å². The van der Waals surface area contributed by atoms with E-state index in [0.717, 1.165) is 17.8 Å². The van der Waals surface area contributed by atoms with E-state index < -0.39 is 0 Å². The van der Waals surface area contributed by atoms with Crippen LogP contribution in [0.15, 0.2) is 0 Å². The second kappa shape index (κ2) is 3.14. The third-order valence-electron chi connectivity index (χ3n) is 3.66. The zero-order chi connectivity index (χ0) is 7.68.